The van der Waals surface area contributed by atoms with Crippen LogP contribution in [-0.2, 0) is 37.8 Å². The Hall–Kier alpha value is -2.76. The number of nitrogens with one attached hydrogen (secondary N) is 2. The van der Waals surface area contributed by atoms with Crippen molar-refractivity contribution in [1.82, 2.24) is 9.03 Å². The lowest BCUT2D eigenvalue weighted by Crippen LogP contribution is -2.51. The van der Waals surface area contributed by atoms with Gasteiger partial charge in [-0.1, -0.05) is 30.7 Å². The highest BCUT2D eigenvalue weighted by atomic mass is 32.2. The molecule has 35 heavy (non-hydrogen) atoms. The highest BCUT2D eigenvalue weighted by Crippen LogP contribution is 2.27. The average molecular weight is 519 g/mol. The maximum Gasteiger partial charge on any atom is 0.262 e. The standard InChI is InChI=1S/C24H30N4O5S2/c1-2-34(30,31)28-17-19-9-6-5-8-18(19)16-22(28)24(29)26-20-11-13-21(14-12-20)35(32,33)27-23-10-4-3-7-15-25-23/h5-6,8-9,11-14,22H,2-4,7,10,15-17H2,1H3,(H,25,27)(H,26,29)/t22-/m1/s1. The molecule has 11 heteroatoms. The third kappa shape index (κ3) is 5.91. The molecule has 1 atom stereocenters. The number of hydrogen-bond acceptors (Lipinski definition) is 6. The SMILES string of the molecule is CCS(=O)(=O)N1Cc2ccccc2C[C@@H]1C(=O)Nc1ccc(S(=O)(=O)NC2=NCCCCC2)cc1. The van der Waals surface area contributed by atoms with Gasteiger partial charge in [0, 0.05) is 25.2 Å². The van der Waals surface area contributed by atoms with E-state index in [1.54, 1.807) is 6.92 Å². The van der Waals surface area contributed by atoms with Gasteiger partial charge in [0.1, 0.15) is 11.9 Å². The number of nitrogens with zero attached hydrogens (tertiary/aromatic N) is 2. The van der Waals surface area contributed by atoms with E-state index in [1.807, 2.05) is 24.3 Å². The summed E-state index contributed by atoms with van der Waals surface area (Å²) < 4.78 is 54.8. The summed E-state index contributed by atoms with van der Waals surface area (Å²) in [4.78, 5) is 17.5. The lowest BCUT2D eigenvalue weighted by molar-refractivity contribution is -0.120. The topological polar surface area (TPSA) is 125 Å². The van der Waals surface area contributed by atoms with Gasteiger partial charge >= 0.3 is 0 Å². The minimum atomic E-state index is -3.79. The van der Waals surface area contributed by atoms with Crippen LogP contribution in [0.25, 0.3) is 0 Å². The van der Waals surface area contributed by atoms with E-state index in [1.165, 1.54) is 28.6 Å². The van der Waals surface area contributed by atoms with E-state index in [4.69, 9.17) is 0 Å². The molecule has 2 aliphatic rings. The molecule has 188 valence electrons. The first kappa shape index (κ1) is 25.3. The molecule has 0 bridgehead atoms. The summed E-state index contributed by atoms with van der Waals surface area (Å²) >= 11 is 0. The number of carbonyl (C=O) groups excluding carboxylic acids is 1. The van der Waals surface area contributed by atoms with Gasteiger partial charge in [0.15, 0.2) is 0 Å². The number of anilines is 1. The van der Waals surface area contributed by atoms with E-state index in [0.717, 1.165) is 30.4 Å². The molecule has 2 aromatic rings. The second-order valence-electron chi connectivity index (χ2n) is 8.69. The Morgan fingerprint density at radius 1 is 1.00 bits per heavy atom. The van der Waals surface area contributed by atoms with Crippen LogP contribution in [-0.4, -0.2) is 51.2 Å². The van der Waals surface area contributed by atoms with Gasteiger partial charge in [-0.05, 0) is 61.6 Å². The molecule has 9 nitrogen and oxygen atoms in total. The lowest BCUT2D eigenvalue weighted by atomic mass is 9.95. The van der Waals surface area contributed by atoms with Crippen LogP contribution >= 0.6 is 0 Å². The zero-order valence-corrected chi connectivity index (χ0v) is 21.2. The van der Waals surface area contributed by atoms with E-state index < -0.39 is 32.0 Å². The zero-order valence-electron chi connectivity index (χ0n) is 19.6. The van der Waals surface area contributed by atoms with Gasteiger partial charge in [-0.2, -0.15) is 4.31 Å². The number of amides is 1. The number of sulfonamides is 2. The fourth-order valence-corrected chi connectivity index (χ4v) is 6.61. The molecule has 2 aromatic carbocycles. The molecule has 0 unspecified atom stereocenters. The van der Waals surface area contributed by atoms with Crippen molar-refractivity contribution in [2.75, 3.05) is 17.6 Å². The molecule has 0 spiro atoms. The van der Waals surface area contributed by atoms with E-state index in [0.29, 0.717) is 24.5 Å². The van der Waals surface area contributed by atoms with Crippen molar-refractivity contribution in [1.29, 1.82) is 0 Å². The zero-order chi connectivity index (χ0) is 25.1. The van der Waals surface area contributed by atoms with Crippen LogP contribution in [0.1, 0.15) is 43.7 Å². The molecule has 2 aliphatic heterocycles. The maximum absolute atomic E-state index is 13.2. The molecule has 2 N–H and O–H groups in total. The Balaban J connectivity index is 1.49. The predicted octanol–water partition coefficient (Wildman–Crippen LogP) is 2.65. The van der Waals surface area contributed by atoms with Gasteiger partial charge in [0.2, 0.25) is 15.9 Å². The first-order chi connectivity index (χ1) is 16.7. The Kier molecular flexibility index (Phi) is 7.58. The summed E-state index contributed by atoms with van der Waals surface area (Å²) in [6.07, 6.45) is 3.72. The number of rotatable bonds is 6. The van der Waals surface area contributed by atoms with Crippen molar-refractivity contribution in [3.63, 3.8) is 0 Å². The van der Waals surface area contributed by atoms with E-state index in [-0.39, 0.29) is 23.6 Å². The third-order valence-corrected chi connectivity index (χ3v) is 9.51. The van der Waals surface area contributed by atoms with Gasteiger partial charge in [-0.3, -0.25) is 14.5 Å². The van der Waals surface area contributed by atoms with Crippen molar-refractivity contribution < 1.29 is 21.6 Å². The summed E-state index contributed by atoms with van der Waals surface area (Å²) in [5, 5.41) is 2.75. The Bertz CT molecular complexity index is 1320. The van der Waals surface area contributed by atoms with Crippen LogP contribution in [0.5, 0.6) is 0 Å². The molecule has 2 heterocycles. The largest absolute Gasteiger partial charge is 0.325 e. The Morgan fingerprint density at radius 2 is 1.71 bits per heavy atom. The van der Waals surface area contributed by atoms with E-state index in [9.17, 15) is 21.6 Å². The van der Waals surface area contributed by atoms with Crippen molar-refractivity contribution in [2.45, 2.75) is 56.5 Å². The number of hydrogen-bond donors (Lipinski definition) is 2. The number of benzene rings is 2. The molecular weight excluding hydrogens is 488 g/mol. The van der Waals surface area contributed by atoms with Crippen molar-refractivity contribution >= 4 is 37.5 Å². The molecule has 4 rings (SSSR count). The molecular formula is C24H30N4O5S2. The molecule has 0 aromatic heterocycles. The molecule has 0 fully saturated rings. The van der Waals surface area contributed by atoms with Gasteiger partial charge in [0.05, 0.1) is 10.6 Å². The minimum Gasteiger partial charge on any atom is -0.325 e. The summed E-state index contributed by atoms with van der Waals surface area (Å²) in [6.45, 7) is 2.30. The highest BCUT2D eigenvalue weighted by Gasteiger charge is 2.38. The molecule has 0 saturated carbocycles. The van der Waals surface area contributed by atoms with E-state index in [2.05, 4.69) is 15.0 Å². The monoisotopic (exact) mass is 518 g/mol. The molecule has 0 radical (unpaired) electrons. The smallest absolute Gasteiger partial charge is 0.262 e. The van der Waals surface area contributed by atoms with Crippen LogP contribution in [0, 0.1) is 0 Å². The fourth-order valence-electron chi connectivity index (χ4n) is 4.30. The van der Waals surface area contributed by atoms with Crippen LogP contribution in [0.3, 0.4) is 0 Å². The Labute approximate surface area is 206 Å². The van der Waals surface area contributed by atoms with Gasteiger partial charge in [-0.15, -0.1) is 0 Å². The molecule has 0 saturated heterocycles. The molecule has 1 amide bonds. The second-order valence-corrected chi connectivity index (χ2v) is 12.6. The van der Waals surface area contributed by atoms with Crippen LogP contribution in [0.15, 0.2) is 58.4 Å². The third-order valence-electron chi connectivity index (χ3n) is 6.29. The fraction of sp³-hybridized carbons (Fsp3) is 0.417. The summed E-state index contributed by atoms with van der Waals surface area (Å²) in [6, 6.07) is 12.4. The van der Waals surface area contributed by atoms with Crippen molar-refractivity contribution in [2.24, 2.45) is 4.99 Å². The normalized spacial score (nSPS) is 19.2. The van der Waals surface area contributed by atoms with Crippen molar-refractivity contribution in [3.8, 4) is 0 Å². The van der Waals surface area contributed by atoms with Crippen molar-refractivity contribution in [3.05, 3.63) is 59.7 Å². The molecule has 0 aliphatic carbocycles. The van der Waals surface area contributed by atoms with Gasteiger partial charge in [0.25, 0.3) is 10.0 Å². The maximum atomic E-state index is 13.2. The number of fused-ring (bicyclic) bond motifs is 1. The number of carbonyl (C=O) groups is 1. The summed E-state index contributed by atoms with van der Waals surface area (Å²) in [5.41, 5.74) is 2.20. The van der Waals surface area contributed by atoms with Crippen LogP contribution in [0.2, 0.25) is 0 Å². The predicted molar refractivity (Wildman–Crippen MR) is 135 cm³/mol. The van der Waals surface area contributed by atoms with E-state index >= 15 is 0 Å². The summed E-state index contributed by atoms with van der Waals surface area (Å²) in [5.74, 6) is -0.100. The summed E-state index contributed by atoms with van der Waals surface area (Å²) in [7, 11) is -7.41. The first-order valence-electron chi connectivity index (χ1n) is 11.7. The number of aliphatic imine (C=N–C) groups is 1. The van der Waals surface area contributed by atoms with Crippen LogP contribution < -0.4 is 10.0 Å². The minimum absolute atomic E-state index is 0.0595. The first-order valence-corrected chi connectivity index (χ1v) is 14.8. The lowest BCUT2D eigenvalue weighted by Gasteiger charge is -2.34. The van der Waals surface area contributed by atoms with Gasteiger partial charge < -0.3 is 5.32 Å². The second kappa shape index (κ2) is 10.5. The average Bonchev–Trinajstić information content (AvgIpc) is 3.11. The van der Waals surface area contributed by atoms with Crippen LogP contribution in [0.4, 0.5) is 5.69 Å². The highest BCUT2D eigenvalue weighted by molar-refractivity contribution is 7.90. The quantitative estimate of drug-likeness (QED) is 0.608. The number of amidine groups is 1. The Morgan fingerprint density at radius 3 is 2.43 bits per heavy atom. The van der Waals surface area contributed by atoms with Gasteiger partial charge in [-0.25, -0.2) is 16.8 Å².